The van der Waals surface area contributed by atoms with E-state index in [1.165, 1.54) is 0 Å². The summed E-state index contributed by atoms with van der Waals surface area (Å²) in [6.45, 7) is 6.37. The number of aliphatic imine (C=N–C) groups is 1. The summed E-state index contributed by atoms with van der Waals surface area (Å²) in [6, 6.07) is 0.373. The van der Waals surface area contributed by atoms with Crippen molar-refractivity contribution >= 4 is 6.21 Å². The van der Waals surface area contributed by atoms with E-state index in [0.29, 0.717) is 6.04 Å². The highest BCUT2D eigenvalue weighted by Gasteiger charge is 2.01. The Morgan fingerprint density at radius 1 is 1.62 bits per heavy atom. The first kappa shape index (κ1) is 12.2. The zero-order valence-corrected chi connectivity index (χ0v) is 8.50. The Hall–Kier alpha value is -0.850. The second-order valence-corrected chi connectivity index (χ2v) is 2.97. The lowest BCUT2D eigenvalue weighted by molar-refractivity contribution is 0.597. The first-order valence-electron chi connectivity index (χ1n) is 4.91. The summed E-state index contributed by atoms with van der Waals surface area (Å²) in [7, 11) is 0. The van der Waals surface area contributed by atoms with Crippen LogP contribution >= 0.6 is 0 Å². The van der Waals surface area contributed by atoms with E-state index in [1.54, 1.807) is 0 Å². The summed E-state index contributed by atoms with van der Waals surface area (Å²) in [6.07, 6.45) is 7.94. The van der Waals surface area contributed by atoms with Gasteiger partial charge in [0.05, 0.1) is 6.04 Å². The summed E-state index contributed by atoms with van der Waals surface area (Å²) in [4.78, 5) is 4.44. The molecule has 0 aliphatic heterocycles. The Morgan fingerprint density at radius 3 is 2.92 bits per heavy atom. The minimum atomic E-state index is 0.373. The first-order chi connectivity index (χ1) is 6.35. The monoisotopic (exact) mass is 180 g/mol. The molecular formula is C11H20N2. The summed E-state index contributed by atoms with van der Waals surface area (Å²) >= 11 is 0. The highest BCUT2D eigenvalue weighted by atomic mass is 14.8. The molecule has 0 amide bonds. The van der Waals surface area contributed by atoms with Crippen LogP contribution in [0.4, 0.5) is 0 Å². The molecule has 0 aliphatic carbocycles. The molecule has 0 saturated heterocycles. The molecule has 0 radical (unpaired) electrons. The van der Waals surface area contributed by atoms with Gasteiger partial charge in [-0.1, -0.05) is 13.5 Å². The van der Waals surface area contributed by atoms with E-state index in [4.69, 9.17) is 5.73 Å². The maximum atomic E-state index is 5.44. The van der Waals surface area contributed by atoms with E-state index < -0.39 is 0 Å². The normalized spacial score (nSPS) is 12.8. The van der Waals surface area contributed by atoms with Crippen LogP contribution in [0.15, 0.2) is 23.4 Å². The SMILES string of the molecule is C=C=CCC(CCCN)N=CCC. The van der Waals surface area contributed by atoms with Gasteiger partial charge in [0, 0.05) is 0 Å². The van der Waals surface area contributed by atoms with Gasteiger partial charge in [-0.15, -0.1) is 5.73 Å². The van der Waals surface area contributed by atoms with Gasteiger partial charge in [-0.3, -0.25) is 4.99 Å². The largest absolute Gasteiger partial charge is 0.330 e. The van der Waals surface area contributed by atoms with Gasteiger partial charge in [-0.25, -0.2) is 0 Å². The summed E-state index contributed by atoms with van der Waals surface area (Å²) < 4.78 is 0. The molecule has 0 saturated carbocycles. The van der Waals surface area contributed by atoms with Crippen LogP contribution in [0.3, 0.4) is 0 Å². The number of nitrogens with zero attached hydrogens (tertiary/aromatic N) is 1. The number of nitrogens with two attached hydrogens (primary N) is 1. The number of hydrogen-bond acceptors (Lipinski definition) is 2. The molecule has 0 fully saturated rings. The van der Waals surface area contributed by atoms with Crippen LogP contribution in [0.2, 0.25) is 0 Å². The van der Waals surface area contributed by atoms with E-state index in [0.717, 1.165) is 32.2 Å². The molecule has 0 bridgehead atoms. The van der Waals surface area contributed by atoms with Crippen molar-refractivity contribution < 1.29 is 0 Å². The van der Waals surface area contributed by atoms with Gasteiger partial charge in [0.25, 0.3) is 0 Å². The van der Waals surface area contributed by atoms with Crippen molar-refractivity contribution in [3.05, 3.63) is 18.4 Å². The lowest BCUT2D eigenvalue weighted by Gasteiger charge is -2.07. The molecule has 0 aromatic rings. The molecule has 2 N–H and O–H groups in total. The Balaban J connectivity index is 3.86. The van der Waals surface area contributed by atoms with Gasteiger partial charge in [0.2, 0.25) is 0 Å². The molecular weight excluding hydrogens is 160 g/mol. The van der Waals surface area contributed by atoms with Crippen LogP contribution in [0, 0.1) is 0 Å². The van der Waals surface area contributed by atoms with Crippen LogP contribution in [0.1, 0.15) is 32.6 Å². The molecule has 0 spiro atoms. The van der Waals surface area contributed by atoms with Crippen molar-refractivity contribution in [2.75, 3.05) is 6.54 Å². The van der Waals surface area contributed by atoms with E-state index in [-0.39, 0.29) is 0 Å². The minimum absolute atomic E-state index is 0.373. The van der Waals surface area contributed by atoms with E-state index in [1.807, 2.05) is 12.3 Å². The molecule has 1 unspecified atom stereocenters. The molecule has 2 nitrogen and oxygen atoms in total. The molecule has 2 heteroatoms. The molecule has 0 heterocycles. The molecule has 1 atom stereocenters. The quantitative estimate of drug-likeness (QED) is 0.474. The molecule has 0 aromatic heterocycles. The number of rotatable bonds is 7. The second-order valence-electron chi connectivity index (χ2n) is 2.97. The van der Waals surface area contributed by atoms with Gasteiger partial charge in [-0.2, -0.15) is 0 Å². The number of hydrogen-bond donors (Lipinski definition) is 1. The predicted octanol–water partition coefficient (Wildman–Crippen LogP) is 2.31. The summed E-state index contributed by atoms with van der Waals surface area (Å²) in [5.74, 6) is 0. The second kappa shape index (κ2) is 9.24. The van der Waals surface area contributed by atoms with E-state index >= 15 is 0 Å². The van der Waals surface area contributed by atoms with Crippen LogP contribution in [-0.2, 0) is 0 Å². The van der Waals surface area contributed by atoms with Gasteiger partial charge >= 0.3 is 0 Å². The lowest BCUT2D eigenvalue weighted by Crippen LogP contribution is -2.07. The summed E-state index contributed by atoms with van der Waals surface area (Å²) in [5.41, 5.74) is 8.21. The van der Waals surface area contributed by atoms with Crippen molar-refractivity contribution in [1.29, 1.82) is 0 Å². The third-order valence-electron chi connectivity index (χ3n) is 1.77. The van der Waals surface area contributed by atoms with Crippen LogP contribution in [-0.4, -0.2) is 18.8 Å². The van der Waals surface area contributed by atoms with Gasteiger partial charge in [0.15, 0.2) is 0 Å². The zero-order chi connectivity index (χ0) is 9.94. The summed E-state index contributed by atoms with van der Waals surface area (Å²) in [5, 5.41) is 0. The van der Waals surface area contributed by atoms with Crippen molar-refractivity contribution in [2.45, 2.75) is 38.6 Å². The average molecular weight is 180 g/mol. The van der Waals surface area contributed by atoms with Gasteiger partial charge in [0.1, 0.15) is 0 Å². The smallest absolute Gasteiger partial charge is 0.0536 e. The molecule has 74 valence electrons. The van der Waals surface area contributed by atoms with Crippen molar-refractivity contribution in [2.24, 2.45) is 10.7 Å². The topological polar surface area (TPSA) is 38.4 Å². The molecule has 0 aliphatic rings. The van der Waals surface area contributed by atoms with Gasteiger partial charge < -0.3 is 5.73 Å². The Kier molecular flexibility index (Phi) is 8.64. The zero-order valence-electron chi connectivity index (χ0n) is 8.50. The molecule has 0 aromatic carbocycles. The van der Waals surface area contributed by atoms with Crippen molar-refractivity contribution in [3.8, 4) is 0 Å². The standard InChI is InChI=1S/C11H20N2/c1-3-5-7-11(8-6-9-12)13-10-4-2/h5,10-11H,1,4,6-9,12H2,2H3. The van der Waals surface area contributed by atoms with Crippen LogP contribution in [0.5, 0.6) is 0 Å². The highest BCUT2D eigenvalue weighted by molar-refractivity contribution is 5.56. The van der Waals surface area contributed by atoms with Gasteiger partial charge in [-0.05, 0) is 44.5 Å². The van der Waals surface area contributed by atoms with Crippen LogP contribution < -0.4 is 5.73 Å². The fourth-order valence-electron chi connectivity index (χ4n) is 1.08. The maximum absolute atomic E-state index is 5.44. The molecule has 13 heavy (non-hydrogen) atoms. The molecule has 0 rings (SSSR count). The highest BCUT2D eigenvalue weighted by Crippen LogP contribution is 2.06. The Morgan fingerprint density at radius 2 is 2.38 bits per heavy atom. The van der Waals surface area contributed by atoms with Crippen LogP contribution in [0.25, 0.3) is 0 Å². The Labute approximate surface area is 81.2 Å². The predicted molar refractivity (Wildman–Crippen MR) is 59.2 cm³/mol. The van der Waals surface area contributed by atoms with E-state index in [9.17, 15) is 0 Å². The van der Waals surface area contributed by atoms with Crippen molar-refractivity contribution in [1.82, 2.24) is 0 Å². The third kappa shape index (κ3) is 7.51. The maximum Gasteiger partial charge on any atom is 0.0536 e. The Bertz CT molecular complexity index is 179. The average Bonchev–Trinajstić information content (AvgIpc) is 2.17. The first-order valence-corrected chi connectivity index (χ1v) is 4.91. The van der Waals surface area contributed by atoms with Crippen molar-refractivity contribution in [3.63, 3.8) is 0 Å². The lowest BCUT2D eigenvalue weighted by atomic mass is 10.1. The fourth-order valence-corrected chi connectivity index (χ4v) is 1.08. The van der Waals surface area contributed by atoms with E-state index in [2.05, 4.69) is 24.2 Å². The minimum Gasteiger partial charge on any atom is -0.330 e. The fraction of sp³-hybridized carbons (Fsp3) is 0.636. The third-order valence-corrected chi connectivity index (χ3v) is 1.77.